The summed E-state index contributed by atoms with van der Waals surface area (Å²) in [6, 6.07) is 10.9. The average Bonchev–Trinajstić information content (AvgIpc) is 3.47. The summed E-state index contributed by atoms with van der Waals surface area (Å²) in [5.74, 6) is -0.748. The van der Waals surface area contributed by atoms with Gasteiger partial charge in [-0.1, -0.05) is 37.3 Å². The van der Waals surface area contributed by atoms with Crippen LogP contribution in [0, 0.1) is 0 Å². The molecule has 2 aromatic rings. The zero-order valence-corrected chi connectivity index (χ0v) is 15.0. The van der Waals surface area contributed by atoms with Crippen molar-refractivity contribution in [1.82, 2.24) is 15.2 Å². The van der Waals surface area contributed by atoms with Crippen LogP contribution in [-0.2, 0) is 0 Å². The molecule has 0 aliphatic heterocycles. The molecule has 6 heteroatoms. The molecule has 0 radical (unpaired) electrons. The molecule has 0 spiro atoms. The molecule has 0 unspecified atom stereocenters. The van der Waals surface area contributed by atoms with Crippen LogP contribution in [0.3, 0.4) is 0 Å². The van der Waals surface area contributed by atoms with Crippen molar-refractivity contribution in [3.8, 4) is 0 Å². The number of hydrogen-bond donors (Lipinski definition) is 2. The first-order chi connectivity index (χ1) is 12.5. The molecule has 1 saturated carbocycles. The number of nitrogens with one attached hydrogen (secondary N) is 2. The first kappa shape index (κ1) is 17.9. The quantitative estimate of drug-likeness (QED) is 0.835. The van der Waals surface area contributed by atoms with Gasteiger partial charge in [0.05, 0.1) is 11.6 Å². The van der Waals surface area contributed by atoms with E-state index in [9.17, 15) is 14.4 Å². The van der Waals surface area contributed by atoms with Gasteiger partial charge in [0, 0.05) is 19.3 Å². The lowest BCUT2D eigenvalue weighted by molar-refractivity contribution is 0.0950. The Bertz CT molecular complexity index is 870. The van der Waals surface area contributed by atoms with Gasteiger partial charge < -0.3 is 15.2 Å². The summed E-state index contributed by atoms with van der Waals surface area (Å²) >= 11 is 0. The number of amides is 2. The number of aromatic nitrogens is 1. The average molecular weight is 353 g/mol. The van der Waals surface area contributed by atoms with E-state index in [1.807, 2.05) is 37.3 Å². The van der Waals surface area contributed by atoms with Gasteiger partial charge in [-0.15, -0.1) is 0 Å². The van der Waals surface area contributed by atoms with E-state index in [-0.39, 0.29) is 23.6 Å². The van der Waals surface area contributed by atoms with Crippen LogP contribution in [0.5, 0.6) is 0 Å². The van der Waals surface area contributed by atoms with E-state index in [0.29, 0.717) is 12.0 Å². The van der Waals surface area contributed by atoms with Gasteiger partial charge in [0.15, 0.2) is 0 Å². The molecule has 1 aliphatic carbocycles. The van der Waals surface area contributed by atoms with Crippen molar-refractivity contribution < 1.29 is 9.59 Å². The first-order valence-corrected chi connectivity index (χ1v) is 8.89. The van der Waals surface area contributed by atoms with Crippen molar-refractivity contribution in [3.05, 3.63) is 69.6 Å². The molecule has 1 aromatic heterocycles. The second-order valence-electron chi connectivity index (χ2n) is 6.52. The molecular formula is C20H23N3O3. The summed E-state index contributed by atoms with van der Waals surface area (Å²) in [5, 5.41) is 5.39. The Morgan fingerprint density at radius 2 is 1.88 bits per heavy atom. The highest BCUT2D eigenvalue weighted by atomic mass is 16.2. The van der Waals surface area contributed by atoms with Crippen LogP contribution in [0.15, 0.2) is 47.4 Å². The zero-order valence-electron chi connectivity index (χ0n) is 15.0. The van der Waals surface area contributed by atoms with Crippen molar-refractivity contribution >= 4 is 11.8 Å². The topological polar surface area (TPSA) is 80.2 Å². The van der Waals surface area contributed by atoms with E-state index in [4.69, 9.17) is 0 Å². The van der Waals surface area contributed by atoms with Crippen molar-refractivity contribution in [3.63, 3.8) is 0 Å². The largest absolute Gasteiger partial charge is 0.355 e. The molecule has 3 rings (SSSR count). The van der Waals surface area contributed by atoms with E-state index in [1.54, 1.807) is 6.20 Å². The molecule has 1 atom stereocenters. The fourth-order valence-corrected chi connectivity index (χ4v) is 3.02. The molecule has 0 bridgehead atoms. The van der Waals surface area contributed by atoms with Gasteiger partial charge in [-0.3, -0.25) is 14.4 Å². The second kappa shape index (κ2) is 7.56. The van der Waals surface area contributed by atoms with E-state index in [1.165, 1.54) is 17.7 Å². The highest BCUT2D eigenvalue weighted by Crippen LogP contribution is 2.22. The van der Waals surface area contributed by atoms with Crippen LogP contribution < -0.4 is 16.2 Å². The fourth-order valence-electron chi connectivity index (χ4n) is 3.02. The predicted molar refractivity (Wildman–Crippen MR) is 99.5 cm³/mol. The lowest BCUT2D eigenvalue weighted by Gasteiger charge is -2.20. The SMILES string of the molecule is CC[C@H](c1ccccc1)n1cc(C(=O)NC2CC2)cc(C(=O)NC)c1=O. The number of carbonyl (C=O) groups excluding carboxylic acids is 2. The first-order valence-electron chi connectivity index (χ1n) is 8.89. The summed E-state index contributed by atoms with van der Waals surface area (Å²) in [6.07, 6.45) is 4.16. The minimum atomic E-state index is -0.493. The molecule has 2 amide bonds. The number of hydrogen-bond acceptors (Lipinski definition) is 3. The van der Waals surface area contributed by atoms with Gasteiger partial charge in [0.2, 0.25) is 0 Å². The molecule has 1 aromatic carbocycles. The van der Waals surface area contributed by atoms with Crippen LogP contribution in [-0.4, -0.2) is 29.5 Å². The number of pyridine rings is 1. The van der Waals surface area contributed by atoms with Crippen LogP contribution in [0.2, 0.25) is 0 Å². The van der Waals surface area contributed by atoms with Crippen molar-refractivity contribution in [2.45, 2.75) is 38.3 Å². The number of benzene rings is 1. The Hall–Kier alpha value is -2.89. The van der Waals surface area contributed by atoms with Gasteiger partial charge >= 0.3 is 0 Å². The Kier molecular flexibility index (Phi) is 5.21. The maximum absolute atomic E-state index is 12.9. The Labute approximate surface area is 152 Å². The minimum absolute atomic E-state index is 0.0228. The molecule has 26 heavy (non-hydrogen) atoms. The third-order valence-electron chi connectivity index (χ3n) is 4.60. The summed E-state index contributed by atoms with van der Waals surface area (Å²) in [4.78, 5) is 37.6. The molecule has 1 fully saturated rings. The van der Waals surface area contributed by atoms with Crippen LogP contribution in [0.4, 0.5) is 0 Å². The van der Waals surface area contributed by atoms with Crippen LogP contribution >= 0.6 is 0 Å². The van der Waals surface area contributed by atoms with Crippen molar-refractivity contribution in [2.75, 3.05) is 7.05 Å². The normalized spacial score (nSPS) is 14.5. The Balaban J connectivity index is 2.11. The van der Waals surface area contributed by atoms with E-state index < -0.39 is 11.5 Å². The van der Waals surface area contributed by atoms with Crippen LogP contribution in [0.1, 0.15) is 58.5 Å². The highest BCUT2D eigenvalue weighted by molar-refractivity contribution is 5.99. The highest BCUT2D eigenvalue weighted by Gasteiger charge is 2.26. The van der Waals surface area contributed by atoms with Gasteiger partial charge in [0.1, 0.15) is 5.56 Å². The van der Waals surface area contributed by atoms with Gasteiger partial charge in [-0.2, -0.15) is 0 Å². The van der Waals surface area contributed by atoms with Gasteiger partial charge in [-0.05, 0) is 30.9 Å². The summed E-state index contributed by atoms with van der Waals surface area (Å²) in [7, 11) is 1.47. The molecule has 0 saturated heterocycles. The smallest absolute Gasteiger partial charge is 0.264 e. The zero-order chi connectivity index (χ0) is 18.7. The lowest BCUT2D eigenvalue weighted by Crippen LogP contribution is -2.35. The maximum Gasteiger partial charge on any atom is 0.264 e. The summed E-state index contributed by atoms with van der Waals surface area (Å²) in [6.45, 7) is 1.97. The third-order valence-corrected chi connectivity index (χ3v) is 4.60. The molecule has 136 valence electrons. The molecular weight excluding hydrogens is 330 g/mol. The number of nitrogens with zero attached hydrogens (tertiary/aromatic N) is 1. The monoisotopic (exact) mass is 353 g/mol. The van der Waals surface area contributed by atoms with Crippen molar-refractivity contribution in [1.29, 1.82) is 0 Å². The fraction of sp³-hybridized carbons (Fsp3) is 0.350. The molecule has 6 nitrogen and oxygen atoms in total. The second-order valence-corrected chi connectivity index (χ2v) is 6.52. The van der Waals surface area contributed by atoms with E-state index in [2.05, 4.69) is 10.6 Å². The standard InChI is InChI=1S/C20H23N3O3/c1-3-17(13-7-5-4-6-8-13)23-12-14(18(24)22-15-9-10-15)11-16(20(23)26)19(25)21-2/h4-8,11-12,15,17H,3,9-10H2,1-2H3,(H,21,25)(H,22,24)/t17-/m1/s1. The summed E-state index contributed by atoms with van der Waals surface area (Å²) < 4.78 is 1.50. The number of rotatable bonds is 6. The van der Waals surface area contributed by atoms with Gasteiger partial charge in [-0.25, -0.2) is 0 Å². The molecule has 2 N–H and O–H groups in total. The maximum atomic E-state index is 12.9. The van der Waals surface area contributed by atoms with Gasteiger partial charge in [0.25, 0.3) is 17.4 Å². The summed E-state index contributed by atoms with van der Waals surface area (Å²) in [5.41, 5.74) is 0.859. The Morgan fingerprint density at radius 3 is 2.46 bits per heavy atom. The Morgan fingerprint density at radius 1 is 1.19 bits per heavy atom. The predicted octanol–water partition coefficient (Wildman–Crippen LogP) is 2.10. The molecule has 1 aliphatic rings. The van der Waals surface area contributed by atoms with Crippen LogP contribution in [0.25, 0.3) is 0 Å². The van der Waals surface area contributed by atoms with E-state index >= 15 is 0 Å². The van der Waals surface area contributed by atoms with Crippen molar-refractivity contribution in [2.24, 2.45) is 0 Å². The minimum Gasteiger partial charge on any atom is -0.355 e. The number of carbonyl (C=O) groups is 2. The lowest BCUT2D eigenvalue weighted by atomic mass is 10.0. The molecule has 1 heterocycles. The third kappa shape index (κ3) is 3.69. The van der Waals surface area contributed by atoms with E-state index in [0.717, 1.165) is 18.4 Å².